The van der Waals surface area contributed by atoms with Crippen LogP contribution in [0.15, 0.2) is 46.9 Å². The highest BCUT2D eigenvalue weighted by atomic mass is 79.9. The van der Waals surface area contributed by atoms with Gasteiger partial charge in [-0.25, -0.2) is 4.39 Å². The van der Waals surface area contributed by atoms with E-state index in [-0.39, 0.29) is 10.6 Å². The number of rotatable bonds is 3. The van der Waals surface area contributed by atoms with Crippen LogP contribution in [0, 0.1) is 5.82 Å². The minimum atomic E-state index is -0.224. The van der Waals surface area contributed by atoms with E-state index in [0.29, 0.717) is 17.0 Å². The van der Waals surface area contributed by atoms with E-state index in [2.05, 4.69) is 31.9 Å². The van der Waals surface area contributed by atoms with Crippen molar-refractivity contribution in [3.63, 3.8) is 0 Å². The molecule has 0 aliphatic rings. The van der Waals surface area contributed by atoms with Crippen molar-refractivity contribution in [2.75, 3.05) is 0 Å². The van der Waals surface area contributed by atoms with Crippen LogP contribution in [-0.4, -0.2) is 0 Å². The van der Waals surface area contributed by atoms with Gasteiger partial charge >= 0.3 is 0 Å². The average molecular weight is 392 g/mol. The molecule has 2 rings (SSSR count). The van der Waals surface area contributed by atoms with Gasteiger partial charge in [-0.3, -0.25) is 0 Å². The molecule has 0 nitrogen and oxygen atoms in total. The first-order valence-corrected chi connectivity index (χ1v) is 7.49. The molecule has 0 radical (unpaired) electrons. The number of halogens is 4. The molecule has 94 valence electrons. The summed E-state index contributed by atoms with van der Waals surface area (Å²) < 4.78 is 14.5. The Morgan fingerprint density at radius 2 is 1.89 bits per heavy atom. The van der Waals surface area contributed by atoms with Crippen molar-refractivity contribution in [2.24, 2.45) is 0 Å². The van der Waals surface area contributed by atoms with Crippen molar-refractivity contribution in [1.29, 1.82) is 0 Å². The second kappa shape index (κ2) is 6.18. The van der Waals surface area contributed by atoms with Crippen LogP contribution in [0.25, 0.3) is 0 Å². The van der Waals surface area contributed by atoms with E-state index < -0.39 is 0 Å². The fourth-order valence-electron chi connectivity index (χ4n) is 1.72. The molecule has 0 saturated carbocycles. The summed E-state index contributed by atoms with van der Waals surface area (Å²) in [6.07, 6.45) is 0.651. The molecule has 1 atom stereocenters. The van der Waals surface area contributed by atoms with E-state index >= 15 is 0 Å². The zero-order valence-corrected chi connectivity index (χ0v) is 13.3. The van der Waals surface area contributed by atoms with Crippen molar-refractivity contribution < 1.29 is 4.39 Å². The van der Waals surface area contributed by atoms with Crippen molar-refractivity contribution >= 4 is 43.5 Å². The predicted molar refractivity (Wildman–Crippen MR) is 80.9 cm³/mol. The Labute approximate surface area is 127 Å². The maximum atomic E-state index is 13.8. The van der Waals surface area contributed by atoms with Gasteiger partial charge in [-0.2, -0.15) is 0 Å². The molecule has 0 heterocycles. The smallest absolute Gasteiger partial charge is 0.128 e. The lowest BCUT2D eigenvalue weighted by molar-refractivity contribution is 0.607. The molecule has 0 amide bonds. The summed E-state index contributed by atoms with van der Waals surface area (Å²) in [6.45, 7) is 0. The molecular formula is C14H10Br2ClF. The van der Waals surface area contributed by atoms with Gasteiger partial charge in [-0.05, 0) is 30.2 Å². The molecule has 4 heteroatoms. The van der Waals surface area contributed by atoms with Gasteiger partial charge in [0.05, 0.1) is 0 Å². The van der Waals surface area contributed by atoms with Crippen molar-refractivity contribution in [2.45, 2.75) is 11.2 Å². The summed E-state index contributed by atoms with van der Waals surface area (Å²) in [4.78, 5) is -0.0921. The predicted octanol–water partition coefficient (Wildman–Crippen LogP) is 5.92. The highest BCUT2D eigenvalue weighted by molar-refractivity contribution is 9.10. The molecule has 0 fully saturated rings. The summed E-state index contributed by atoms with van der Waals surface area (Å²) in [5.74, 6) is -0.224. The van der Waals surface area contributed by atoms with E-state index in [1.165, 1.54) is 6.07 Å². The summed E-state index contributed by atoms with van der Waals surface area (Å²) in [6, 6.07) is 12.7. The number of hydrogen-bond acceptors (Lipinski definition) is 0. The normalized spacial score (nSPS) is 12.4. The van der Waals surface area contributed by atoms with Gasteiger partial charge in [-0.1, -0.05) is 67.7 Å². The topological polar surface area (TPSA) is 0 Å². The first-order chi connectivity index (χ1) is 8.58. The third-order valence-corrected chi connectivity index (χ3v) is 4.34. The lowest BCUT2D eigenvalue weighted by Crippen LogP contribution is -1.99. The molecule has 2 aromatic rings. The Balaban J connectivity index is 2.22. The first-order valence-electron chi connectivity index (χ1n) is 5.40. The molecule has 0 saturated heterocycles. The van der Waals surface area contributed by atoms with Gasteiger partial charge in [-0.15, -0.1) is 0 Å². The maximum Gasteiger partial charge on any atom is 0.128 e. The second-order valence-electron chi connectivity index (χ2n) is 3.93. The van der Waals surface area contributed by atoms with Gasteiger partial charge in [0.2, 0.25) is 0 Å². The summed E-state index contributed by atoms with van der Waals surface area (Å²) in [5.41, 5.74) is 1.64. The van der Waals surface area contributed by atoms with Gasteiger partial charge in [0.25, 0.3) is 0 Å². The molecule has 0 bridgehead atoms. The maximum absolute atomic E-state index is 13.8. The Morgan fingerprint density at radius 3 is 2.56 bits per heavy atom. The fourth-order valence-corrected chi connectivity index (χ4v) is 2.99. The Morgan fingerprint density at radius 1 is 1.17 bits per heavy atom. The lowest BCUT2D eigenvalue weighted by Gasteiger charge is -2.12. The molecule has 1 unspecified atom stereocenters. The Bertz CT molecular complexity index is 557. The van der Waals surface area contributed by atoms with E-state index in [9.17, 15) is 4.39 Å². The van der Waals surface area contributed by atoms with Crippen LogP contribution in [0.5, 0.6) is 0 Å². The Kier molecular flexibility index (Phi) is 4.82. The van der Waals surface area contributed by atoms with Gasteiger partial charge in [0, 0.05) is 19.9 Å². The van der Waals surface area contributed by atoms with Crippen LogP contribution in [0.4, 0.5) is 4.39 Å². The van der Waals surface area contributed by atoms with Crippen LogP contribution in [0.3, 0.4) is 0 Å². The van der Waals surface area contributed by atoms with Crippen molar-refractivity contribution in [3.8, 4) is 0 Å². The third kappa shape index (κ3) is 3.34. The number of alkyl halides is 1. The van der Waals surface area contributed by atoms with E-state index in [1.54, 1.807) is 6.07 Å². The first kappa shape index (κ1) is 14.0. The molecule has 0 N–H and O–H groups in total. The molecule has 0 aliphatic carbocycles. The second-order valence-corrected chi connectivity index (χ2v) is 6.36. The van der Waals surface area contributed by atoms with E-state index in [0.717, 1.165) is 10.0 Å². The highest BCUT2D eigenvalue weighted by Crippen LogP contribution is 2.32. The van der Waals surface area contributed by atoms with Crippen molar-refractivity contribution in [3.05, 3.63) is 68.9 Å². The summed E-state index contributed by atoms with van der Waals surface area (Å²) in [5, 5.41) is 0.708. The molecule has 18 heavy (non-hydrogen) atoms. The molecule has 0 spiro atoms. The van der Waals surface area contributed by atoms with Crippen LogP contribution >= 0.6 is 43.5 Å². The monoisotopic (exact) mass is 390 g/mol. The summed E-state index contributed by atoms with van der Waals surface area (Å²) in [7, 11) is 0. The molecule has 2 aromatic carbocycles. The SMILES string of the molecule is Fc1cc(Br)ccc1C(Br)Cc1ccccc1Cl. The number of benzene rings is 2. The van der Waals surface area contributed by atoms with Crippen molar-refractivity contribution in [1.82, 2.24) is 0 Å². The fraction of sp³-hybridized carbons (Fsp3) is 0.143. The minimum Gasteiger partial charge on any atom is -0.207 e. The van der Waals surface area contributed by atoms with Gasteiger partial charge in [0.1, 0.15) is 5.82 Å². The highest BCUT2D eigenvalue weighted by Gasteiger charge is 2.14. The Hall–Kier alpha value is -0.380. The van der Waals surface area contributed by atoms with Crippen LogP contribution in [-0.2, 0) is 6.42 Å². The molecular weight excluding hydrogens is 382 g/mol. The zero-order valence-electron chi connectivity index (χ0n) is 9.34. The van der Waals surface area contributed by atoms with Crippen LogP contribution < -0.4 is 0 Å². The van der Waals surface area contributed by atoms with Crippen LogP contribution in [0.2, 0.25) is 5.02 Å². The lowest BCUT2D eigenvalue weighted by atomic mass is 10.0. The minimum absolute atomic E-state index is 0.0921. The quantitative estimate of drug-likeness (QED) is 0.569. The van der Waals surface area contributed by atoms with E-state index in [1.807, 2.05) is 30.3 Å². The van der Waals surface area contributed by atoms with Crippen LogP contribution in [0.1, 0.15) is 16.0 Å². The molecule has 0 aliphatic heterocycles. The standard InChI is InChI=1S/C14H10Br2ClF/c15-10-5-6-11(14(18)8-10)12(16)7-9-3-1-2-4-13(9)17/h1-6,8,12H,7H2. The number of hydrogen-bond donors (Lipinski definition) is 0. The third-order valence-electron chi connectivity index (χ3n) is 2.66. The largest absolute Gasteiger partial charge is 0.207 e. The zero-order chi connectivity index (χ0) is 13.1. The summed E-state index contributed by atoms with van der Waals surface area (Å²) >= 11 is 12.9. The van der Waals surface area contributed by atoms with Gasteiger partial charge < -0.3 is 0 Å². The van der Waals surface area contributed by atoms with Gasteiger partial charge in [0.15, 0.2) is 0 Å². The average Bonchev–Trinajstić information content (AvgIpc) is 2.32. The van der Waals surface area contributed by atoms with E-state index in [4.69, 9.17) is 11.6 Å². The molecule has 0 aromatic heterocycles.